The van der Waals surface area contributed by atoms with Gasteiger partial charge >= 0.3 is 0 Å². The maximum Gasteiger partial charge on any atom is 0.262 e. The Balaban J connectivity index is 1.46. The van der Waals surface area contributed by atoms with Crippen LogP contribution in [0.1, 0.15) is 28.0 Å². The lowest BCUT2D eigenvalue weighted by Crippen LogP contribution is -2.23. The van der Waals surface area contributed by atoms with E-state index in [2.05, 4.69) is 22.4 Å². The minimum absolute atomic E-state index is 0.0979. The number of anilines is 1. The number of methoxy groups -OCH3 is 1. The smallest absolute Gasteiger partial charge is 0.262 e. The number of carbonyl (C=O) groups excluding carboxylic acids is 1. The normalized spacial score (nSPS) is 11.0. The van der Waals surface area contributed by atoms with Crippen LogP contribution in [0.25, 0.3) is 10.2 Å². The highest BCUT2D eigenvalue weighted by Gasteiger charge is 2.13. The van der Waals surface area contributed by atoms with Crippen LogP contribution in [-0.2, 0) is 17.8 Å². The van der Waals surface area contributed by atoms with E-state index in [1.54, 1.807) is 7.11 Å². The average Bonchev–Trinajstić information content (AvgIpc) is 3.08. The van der Waals surface area contributed by atoms with E-state index in [1.807, 2.05) is 50.2 Å². The molecule has 0 bridgehead atoms. The number of aryl methyl sites for hydroxylation is 3. The summed E-state index contributed by atoms with van der Waals surface area (Å²) in [5.41, 5.74) is 3.72. The number of nitrogens with zero attached hydrogens (tertiary/aromatic N) is 2. The molecule has 2 aromatic carbocycles. The van der Waals surface area contributed by atoms with Crippen molar-refractivity contribution < 1.29 is 9.53 Å². The van der Waals surface area contributed by atoms with E-state index in [-0.39, 0.29) is 24.4 Å². The van der Waals surface area contributed by atoms with Crippen molar-refractivity contribution >= 4 is 33.1 Å². The van der Waals surface area contributed by atoms with Crippen molar-refractivity contribution in [1.82, 2.24) is 9.55 Å². The lowest BCUT2D eigenvalue weighted by Gasteiger charge is -2.12. The fraction of sp³-hybridized carbons (Fsp3) is 0.240. The third kappa shape index (κ3) is 4.57. The minimum atomic E-state index is -0.161. The predicted octanol–water partition coefficient (Wildman–Crippen LogP) is 4.70. The van der Waals surface area contributed by atoms with Gasteiger partial charge in [0.1, 0.15) is 10.6 Å². The average molecular weight is 448 g/mol. The van der Waals surface area contributed by atoms with Crippen molar-refractivity contribution in [3.63, 3.8) is 0 Å². The van der Waals surface area contributed by atoms with Gasteiger partial charge in [0, 0.05) is 35.5 Å². The minimum Gasteiger partial charge on any atom is -0.496 e. The molecule has 0 aliphatic carbocycles. The molecule has 2 heterocycles. The molecule has 0 fully saturated rings. The Morgan fingerprint density at radius 2 is 1.94 bits per heavy atom. The molecular weight excluding hydrogens is 422 g/mol. The molecule has 0 unspecified atom stereocenters. The van der Waals surface area contributed by atoms with Crippen LogP contribution in [0.3, 0.4) is 0 Å². The molecule has 0 aliphatic heterocycles. The lowest BCUT2D eigenvalue weighted by molar-refractivity contribution is -0.116. The molecule has 0 aliphatic rings. The van der Waals surface area contributed by atoms with Crippen molar-refractivity contribution in [2.45, 2.75) is 33.2 Å². The molecule has 7 heteroatoms. The summed E-state index contributed by atoms with van der Waals surface area (Å²) >= 11 is 1.52. The lowest BCUT2D eigenvalue weighted by atomic mass is 10.0. The molecule has 0 atom stereocenters. The van der Waals surface area contributed by atoms with E-state index in [0.717, 1.165) is 32.1 Å². The van der Waals surface area contributed by atoms with Gasteiger partial charge < -0.3 is 10.1 Å². The van der Waals surface area contributed by atoms with E-state index in [1.165, 1.54) is 22.2 Å². The van der Waals surface area contributed by atoms with Crippen LogP contribution in [0.5, 0.6) is 5.75 Å². The van der Waals surface area contributed by atoms with Gasteiger partial charge in [-0.25, -0.2) is 4.98 Å². The van der Waals surface area contributed by atoms with Crippen LogP contribution in [0.2, 0.25) is 0 Å². The quantitative estimate of drug-likeness (QED) is 0.446. The highest BCUT2D eigenvalue weighted by Crippen LogP contribution is 2.26. The molecule has 4 aromatic rings. The molecule has 1 N–H and O–H groups in total. The summed E-state index contributed by atoms with van der Waals surface area (Å²) in [6.07, 6.45) is 2.40. The van der Waals surface area contributed by atoms with Gasteiger partial charge in [-0.05, 0) is 43.2 Å². The second-order valence-electron chi connectivity index (χ2n) is 7.69. The third-order valence-corrected chi connectivity index (χ3v) is 6.65. The summed E-state index contributed by atoms with van der Waals surface area (Å²) in [6, 6.07) is 15.7. The van der Waals surface area contributed by atoms with E-state index >= 15 is 0 Å². The zero-order valence-electron chi connectivity index (χ0n) is 18.3. The molecule has 0 radical (unpaired) electrons. The molecule has 32 heavy (non-hydrogen) atoms. The standard InChI is InChI=1S/C25H25N3O3S/c1-16-17(2)32-24-23(16)25(30)28(15-26-24)12-11-22(29)27-20-9-10-21(31-3)19(14-20)13-18-7-5-4-6-8-18/h4-10,14-15H,11-13H2,1-3H3,(H,27,29). The molecular formula is C25H25N3O3S. The summed E-state index contributed by atoms with van der Waals surface area (Å²) < 4.78 is 7.00. The largest absolute Gasteiger partial charge is 0.496 e. The van der Waals surface area contributed by atoms with Gasteiger partial charge in [-0.2, -0.15) is 0 Å². The predicted molar refractivity (Wildman–Crippen MR) is 129 cm³/mol. The van der Waals surface area contributed by atoms with E-state index in [4.69, 9.17) is 4.74 Å². The van der Waals surface area contributed by atoms with E-state index in [0.29, 0.717) is 17.5 Å². The molecule has 0 saturated carbocycles. The number of carbonyl (C=O) groups is 1. The molecule has 2 aromatic heterocycles. The highest BCUT2D eigenvalue weighted by molar-refractivity contribution is 7.18. The van der Waals surface area contributed by atoms with Crippen LogP contribution in [0, 0.1) is 13.8 Å². The zero-order chi connectivity index (χ0) is 22.7. The van der Waals surface area contributed by atoms with Crippen molar-refractivity contribution in [2.75, 3.05) is 12.4 Å². The molecule has 164 valence electrons. The van der Waals surface area contributed by atoms with E-state index < -0.39 is 0 Å². The highest BCUT2D eigenvalue weighted by atomic mass is 32.1. The molecule has 4 rings (SSSR count). The van der Waals surface area contributed by atoms with Crippen molar-refractivity contribution in [2.24, 2.45) is 0 Å². The summed E-state index contributed by atoms with van der Waals surface area (Å²) in [4.78, 5) is 31.6. The summed E-state index contributed by atoms with van der Waals surface area (Å²) in [5, 5.41) is 3.58. The van der Waals surface area contributed by atoms with Gasteiger partial charge in [0.05, 0.1) is 18.8 Å². The number of hydrogen-bond donors (Lipinski definition) is 1. The fourth-order valence-electron chi connectivity index (χ4n) is 3.68. The van der Waals surface area contributed by atoms with Crippen molar-refractivity contribution in [1.29, 1.82) is 0 Å². The number of rotatable bonds is 7. The van der Waals surface area contributed by atoms with Gasteiger partial charge in [0.2, 0.25) is 5.91 Å². The monoisotopic (exact) mass is 447 g/mol. The maximum absolute atomic E-state index is 12.8. The number of benzene rings is 2. The molecule has 0 spiro atoms. The first-order valence-electron chi connectivity index (χ1n) is 10.4. The summed E-state index contributed by atoms with van der Waals surface area (Å²) in [6.45, 7) is 4.19. The Labute approximate surface area is 190 Å². The van der Waals surface area contributed by atoms with Crippen LogP contribution in [0.4, 0.5) is 5.69 Å². The molecule has 0 saturated heterocycles. The molecule has 1 amide bonds. The van der Waals surface area contributed by atoms with Crippen LogP contribution in [0.15, 0.2) is 59.7 Å². The maximum atomic E-state index is 12.8. The number of amides is 1. The zero-order valence-corrected chi connectivity index (χ0v) is 19.2. The fourth-order valence-corrected chi connectivity index (χ4v) is 4.67. The van der Waals surface area contributed by atoms with Gasteiger partial charge in [-0.1, -0.05) is 30.3 Å². The number of fused-ring (bicyclic) bond motifs is 1. The summed E-state index contributed by atoms with van der Waals surface area (Å²) in [5.74, 6) is 0.616. The first kappa shape index (κ1) is 21.8. The SMILES string of the molecule is COc1ccc(NC(=O)CCn2cnc3sc(C)c(C)c3c2=O)cc1Cc1ccccc1. The van der Waals surface area contributed by atoms with E-state index in [9.17, 15) is 9.59 Å². The van der Waals surface area contributed by atoms with Crippen LogP contribution >= 0.6 is 11.3 Å². The third-order valence-electron chi connectivity index (χ3n) is 5.54. The Morgan fingerprint density at radius 1 is 1.16 bits per heavy atom. The van der Waals surface area contributed by atoms with Gasteiger partial charge in [-0.3, -0.25) is 14.2 Å². The first-order chi connectivity index (χ1) is 15.5. The van der Waals surface area contributed by atoms with Crippen LogP contribution in [-0.4, -0.2) is 22.6 Å². The Hall–Kier alpha value is -3.45. The van der Waals surface area contributed by atoms with Crippen LogP contribution < -0.4 is 15.6 Å². The Morgan fingerprint density at radius 3 is 2.69 bits per heavy atom. The second-order valence-corrected chi connectivity index (χ2v) is 8.90. The van der Waals surface area contributed by atoms with Gasteiger partial charge in [0.15, 0.2) is 0 Å². The van der Waals surface area contributed by atoms with Gasteiger partial charge in [0.25, 0.3) is 5.56 Å². The number of nitrogens with one attached hydrogen (secondary N) is 1. The van der Waals surface area contributed by atoms with Crippen molar-refractivity contribution in [3.8, 4) is 5.75 Å². The van der Waals surface area contributed by atoms with Crippen molar-refractivity contribution in [3.05, 3.63) is 86.8 Å². The topological polar surface area (TPSA) is 73.2 Å². The first-order valence-corrected chi connectivity index (χ1v) is 11.2. The Kier molecular flexibility index (Phi) is 6.37. The molecule has 6 nitrogen and oxygen atoms in total. The Bertz CT molecular complexity index is 1330. The van der Waals surface area contributed by atoms with Gasteiger partial charge in [-0.15, -0.1) is 11.3 Å². The number of ether oxygens (including phenoxy) is 1. The second kappa shape index (κ2) is 9.36. The number of thiophene rings is 1. The number of hydrogen-bond acceptors (Lipinski definition) is 5. The number of aromatic nitrogens is 2. The summed E-state index contributed by atoms with van der Waals surface area (Å²) in [7, 11) is 1.64.